The number of aromatic nitrogens is 2. The Kier molecular flexibility index (Phi) is 5.50. The molecule has 1 aromatic carbocycles. The topological polar surface area (TPSA) is 90.8 Å². The number of amides is 1. The van der Waals surface area contributed by atoms with Crippen molar-refractivity contribution in [3.05, 3.63) is 48.0 Å². The number of hydrogen-bond donors (Lipinski definition) is 0. The molecule has 1 fully saturated rings. The minimum absolute atomic E-state index is 0.00952. The van der Waals surface area contributed by atoms with Crippen LogP contribution in [0.3, 0.4) is 0 Å². The number of ether oxygens (including phenoxy) is 2. The molecule has 0 N–H and O–H groups in total. The van der Waals surface area contributed by atoms with E-state index in [1.165, 1.54) is 0 Å². The summed E-state index contributed by atoms with van der Waals surface area (Å²) in [6.45, 7) is 0.722. The number of hydrogen-bond acceptors (Lipinski definition) is 7. The number of nitrogens with zero attached hydrogens (tertiary/aromatic N) is 3. The van der Waals surface area contributed by atoms with Crippen LogP contribution < -0.4 is 9.47 Å². The van der Waals surface area contributed by atoms with Gasteiger partial charge in [0.15, 0.2) is 5.76 Å². The first-order valence-electron chi connectivity index (χ1n) is 9.57. The van der Waals surface area contributed by atoms with Gasteiger partial charge in [-0.3, -0.25) is 4.79 Å². The van der Waals surface area contributed by atoms with E-state index in [4.69, 9.17) is 18.4 Å². The van der Waals surface area contributed by atoms with Gasteiger partial charge in [0, 0.05) is 31.0 Å². The normalized spacial score (nSPS) is 16.2. The lowest BCUT2D eigenvalue weighted by atomic mass is 10.0. The molecule has 3 aromatic rings. The van der Waals surface area contributed by atoms with Crippen molar-refractivity contribution in [2.75, 3.05) is 20.8 Å². The quantitative estimate of drug-likeness (QED) is 0.601. The van der Waals surface area contributed by atoms with Crippen molar-refractivity contribution in [2.45, 2.75) is 31.7 Å². The van der Waals surface area contributed by atoms with Crippen molar-refractivity contribution in [3.63, 3.8) is 0 Å². The van der Waals surface area contributed by atoms with Crippen LogP contribution in [0.5, 0.6) is 11.5 Å². The number of carbonyl (C=O) groups excluding carboxylic acids is 1. The van der Waals surface area contributed by atoms with Gasteiger partial charge in [0.25, 0.3) is 0 Å². The maximum atomic E-state index is 12.9. The zero-order valence-electron chi connectivity index (χ0n) is 16.5. The molecule has 1 unspecified atom stereocenters. The summed E-state index contributed by atoms with van der Waals surface area (Å²) in [5, 5.41) is 3.90. The average molecular weight is 397 g/mol. The van der Waals surface area contributed by atoms with Gasteiger partial charge in [-0.25, -0.2) is 0 Å². The molecule has 4 rings (SSSR count). The molecule has 1 amide bonds. The summed E-state index contributed by atoms with van der Waals surface area (Å²) in [7, 11) is 3.25. The molecule has 0 spiro atoms. The Labute approximate surface area is 168 Å². The molecule has 0 aliphatic carbocycles. The van der Waals surface area contributed by atoms with Crippen molar-refractivity contribution in [1.29, 1.82) is 0 Å². The molecule has 1 saturated heterocycles. The summed E-state index contributed by atoms with van der Waals surface area (Å²) >= 11 is 0. The maximum absolute atomic E-state index is 12.9. The zero-order valence-corrected chi connectivity index (χ0v) is 16.5. The molecule has 0 saturated carbocycles. The summed E-state index contributed by atoms with van der Waals surface area (Å²) in [6, 6.07) is 9.23. The lowest BCUT2D eigenvalue weighted by Gasteiger charge is -2.26. The smallest absolute Gasteiger partial charge is 0.238 e. The molecule has 1 aliphatic rings. The van der Waals surface area contributed by atoms with Crippen molar-refractivity contribution in [1.82, 2.24) is 15.0 Å². The van der Waals surface area contributed by atoms with Crippen LogP contribution in [0.2, 0.25) is 0 Å². The van der Waals surface area contributed by atoms with Gasteiger partial charge < -0.3 is 23.3 Å². The molecule has 1 atom stereocenters. The first-order valence-corrected chi connectivity index (χ1v) is 9.57. The third kappa shape index (κ3) is 3.96. The second-order valence-electron chi connectivity index (χ2n) is 6.84. The molecule has 0 radical (unpaired) electrons. The molecule has 8 nitrogen and oxygen atoms in total. The van der Waals surface area contributed by atoms with Crippen molar-refractivity contribution in [3.8, 4) is 23.1 Å². The first kappa shape index (κ1) is 19.0. The zero-order chi connectivity index (χ0) is 20.2. The number of benzene rings is 1. The van der Waals surface area contributed by atoms with Gasteiger partial charge in [-0.2, -0.15) is 4.98 Å². The van der Waals surface area contributed by atoms with Crippen LogP contribution in [0.1, 0.15) is 36.8 Å². The van der Waals surface area contributed by atoms with Crippen LogP contribution >= 0.6 is 0 Å². The predicted octanol–water partition coefficient (Wildman–Crippen LogP) is 3.64. The van der Waals surface area contributed by atoms with Gasteiger partial charge in [0.05, 0.1) is 26.5 Å². The van der Waals surface area contributed by atoms with Crippen molar-refractivity contribution in [2.24, 2.45) is 0 Å². The minimum Gasteiger partial charge on any atom is -0.497 e. The van der Waals surface area contributed by atoms with Crippen LogP contribution in [0, 0.1) is 0 Å². The number of methoxy groups -OCH3 is 2. The fraction of sp³-hybridized carbons (Fsp3) is 0.381. The summed E-state index contributed by atoms with van der Waals surface area (Å²) in [5.74, 6) is 2.86. The Bertz CT molecular complexity index is 967. The summed E-state index contributed by atoms with van der Waals surface area (Å²) < 4.78 is 21.3. The highest BCUT2D eigenvalue weighted by Crippen LogP contribution is 2.39. The van der Waals surface area contributed by atoms with E-state index in [0.29, 0.717) is 30.3 Å². The second-order valence-corrected chi connectivity index (χ2v) is 6.84. The standard InChI is InChI=1S/C21H23N3O5/c1-26-14-7-8-15(18(13-14)27-2)16-5-3-11-24(16)20(25)10-9-19-22-21(23-29-19)17-6-4-12-28-17/h4,6-8,12-13,16H,3,5,9-11H2,1-2H3. The number of furan rings is 1. The Morgan fingerprint density at radius 2 is 2.17 bits per heavy atom. The third-order valence-electron chi connectivity index (χ3n) is 5.14. The SMILES string of the molecule is COc1ccc(C2CCCN2C(=O)CCc2nc(-c3ccco3)no2)c(OC)c1. The third-order valence-corrected chi connectivity index (χ3v) is 5.14. The van der Waals surface area contributed by atoms with E-state index >= 15 is 0 Å². The maximum Gasteiger partial charge on any atom is 0.238 e. The van der Waals surface area contributed by atoms with E-state index in [9.17, 15) is 4.79 Å². The second kappa shape index (κ2) is 8.38. The van der Waals surface area contributed by atoms with E-state index in [1.807, 2.05) is 23.1 Å². The van der Waals surface area contributed by atoms with Crippen LogP contribution in [0.15, 0.2) is 45.5 Å². The lowest BCUT2D eigenvalue weighted by molar-refractivity contribution is -0.132. The predicted molar refractivity (Wildman–Crippen MR) is 104 cm³/mol. The van der Waals surface area contributed by atoms with E-state index in [0.717, 1.165) is 36.4 Å². The highest BCUT2D eigenvalue weighted by Gasteiger charge is 2.32. The summed E-state index contributed by atoms with van der Waals surface area (Å²) in [5.41, 5.74) is 0.997. The van der Waals surface area contributed by atoms with E-state index < -0.39 is 0 Å². The Morgan fingerprint density at radius 3 is 2.93 bits per heavy atom. The van der Waals surface area contributed by atoms with Gasteiger partial charge in [0.2, 0.25) is 17.6 Å². The number of aryl methyl sites for hydroxylation is 1. The van der Waals surface area contributed by atoms with Crippen LogP contribution in [0.25, 0.3) is 11.6 Å². The van der Waals surface area contributed by atoms with Gasteiger partial charge in [-0.1, -0.05) is 5.16 Å². The minimum atomic E-state index is -0.00952. The molecule has 152 valence electrons. The molecule has 0 bridgehead atoms. The summed E-state index contributed by atoms with van der Waals surface area (Å²) in [6.07, 6.45) is 4.09. The van der Waals surface area contributed by atoms with Crippen LogP contribution in [-0.4, -0.2) is 41.7 Å². The molecule has 1 aliphatic heterocycles. The molecule has 3 heterocycles. The fourth-order valence-electron chi connectivity index (χ4n) is 3.70. The molecule has 29 heavy (non-hydrogen) atoms. The Morgan fingerprint density at radius 1 is 1.28 bits per heavy atom. The molecule has 8 heteroatoms. The number of rotatable bonds is 7. The van der Waals surface area contributed by atoms with Crippen LogP contribution in [-0.2, 0) is 11.2 Å². The Hall–Kier alpha value is -3.29. The van der Waals surface area contributed by atoms with Gasteiger partial charge >= 0.3 is 0 Å². The van der Waals surface area contributed by atoms with E-state index in [2.05, 4.69) is 10.1 Å². The van der Waals surface area contributed by atoms with Crippen molar-refractivity contribution < 1.29 is 23.2 Å². The first-order chi connectivity index (χ1) is 14.2. The largest absolute Gasteiger partial charge is 0.497 e. The summed E-state index contributed by atoms with van der Waals surface area (Å²) in [4.78, 5) is 19.1. The monoisotopic (exact) mass is 397 g/mol. The van der Waals surface area contributed by atoms with E-state index in [-0.39, 0.29) is 11.9 Å². The van der Waals surface area contributed by atoms with Crippen LogP contribution in [0.4, 0.5) is 0 Å². The highest BCUT2D eigenvalue weighted by atomic mass is 16.5. The van der Waals surface area contributed by atoms with Gasteiger partial charge in [-0.05, 0) is 37.1 Å². The molecule has 2 aromatic heterocycles. The van der Waals surface area contributed by atoms with Crippen molar-refractivity contribution >= 4 is 5.91 Å². The average Bonchev–Trinajstić information content (AvgIpc) is 3.52. The molecular formula is C21H23N3O5. The number of carbonyl (C=O) groups is 1. The fourth-order valence-corrected chi connectivity index (χ4v) is 3.70. The van der Waals surface area contributed by atoms with E-state index in [1.54, 1.807) is 32.6 Å². The Balaban J connectivity index is 1.43. The lowest BCUT2D eigenvalue weighted by Crippen LogP contribution is -2.31. The van der Waals surface area contributed by atoms with Gasteiger partial charge in [0.1, 0.15) is 11.5 Å². The number of likely N-dealkylation sites (tertiary alicyclic amines) is 1. The molecular weight excluding hydrogens is 374 g/mol. The van der Waals surface area contributed by atoms with Gasteiger partial charge in [-0.15, -0.1) is 0 Å². The highest BCUT2D eigenvalue weighted by molar-refractivity contribution is 5.77.